The van der Waals surface area contributed by atoms with Gasteiger partial charge in [-0.1, -0.05) is 0 Å². The van der Waals surface area contributed by atoms with Gasteiger partial charge in [0.2, 0.25) is 0 Å². The van der Waals surface area contributed by atoms with Gasteiger partial charge in [0.05, 0.1) is 6.61 Å². The Labute approximate surface area is 116 Å². The highest BCUT2D eigenvalue weighted by Crippen LogP contribution is 2.35. The minimum atomic E-state index is 0.298. The van der Waals surface area contributed by atoms with E-state index in [4.69, 9.17) is 4.74 Å². The van der Waals surface area contributed by atoms with Crippen LogP contribution < -0.4 is 10.1 Å². The molecule has 3 nitrogen and oxygen atoms in total. The van der Waals surface area contributed by atoms with Gasteiger partial charge in [0.15, 0.2) is 0 Å². The van der Waals surface area contributed by atoms with Crippen LogP contribution in [0, 0.1) is 0 Å². The fraction of sp³-hybridized carbons (Fsp3) is 0.429. The van der Waals surface area contributed by atoms with E-state index in [0.29, 0.717) is 12.6 Å². The van der Waals surface area contributed by atoms with Gasteiger partial charge in [0, 0.05) is 34.2 Å². The molecule has 0 saturated carbocycles. The molecule has 18 heavy (non-hydrogen) atoms. The molecule has 0 spiro atoms. The maximum Gasteiger partial charge on any atom is 0.120 e. The molecule has 1 unspecified atom stereocenters. The van der Waals surface area contributed by atoms with E-state index in [1.54, 1.807) is 0 Å². The highest BCUT2D eigenvalue weighted by atomic mass is 79.9. The quantitative estimate of drug-likeness (QED) is 0.933. The van der Waals surface area contributed by atoms with Crippen molar-refractivity contribution < 1.29 is 4.74 Å². The molecule has 0 aliphatic rings. The summed E-state index contributed by atoms with van der Waals surface area (Å²) in [5.74, 6) is 0.917. The molecular formula is C14H19BrN2O. The second-order valence-corrected chi connectivity index (χ2v) is 5.17. The first kappa shape index (κ1) is 13.4. The second kappa shape index (κ2) is 5.33. The first-order valence-corrected chi connectivity index (χ1v) is 6.97. The van der Waals surface area contributed by atoms with Gasteiger partial charge in [0.25, 0.3) is 0 Å². The Hall–Kier alpha value is -1.00. The molecule has 0 aliphatic carbocycles. The molecule has 4 heteroatoms. The van der Waals surface area contributed by atoms with Crippen LogP contribution in [0.5, 0.6) is 5.75 Å². The van der Waals surface area contributed by atoms with Crippen LogP contribution in [-0.4, -0.2) is 18.2 Å². The highest BCUT2D eigenvalue weighted by Gasteiger charge is 2.17. The van der Waals surface area contributed by atoms with E-state index in [1.165, 1.54) is 16.6 Å². The number of rotatable bonds is 4. The van der Waals surface area contributed by atoms with Crippen molar-refractivity contribution in [2.75, 3.05) is 13.7 Å². The van der Waals surface area contributed by atoms with Crippen molar-refractivity contribution >= 4 is 26.8 Å². The maximum absolute atomic E-state index is 5.56. The van der Waals surface area contributed by atoms with Crippen molar-refractivity contribution in [3.63, 3.8) is 0 Å². The Morgan fingerprint density at radius 2 is 2.17 bits per heavy atom. The molecule has 0 amide bonds. The third-order valence-electron chi connectivity index (χ3n) is 3.31. The number of aromatic nitrogens is 1. The van der Waals surface area contributed by atoms with Crippen LogP contribution in [0.1, 0.15) is 25.6 Å². The van der Waals surface area contributed by atoms with Crippen molar-refractivity contribution in [3.05, 3.63) is 28.4 Å². The van der Waals surface area contributed by atoms with Crippen LogP contribution in [0.4, 0.5) is 0 Å². The van der Waals surface area contributed by atoms with Crippen molar-refractivity contribution in [3.8, 4) is 5.75 Å². The van der Waals surface area contributed by atoms with E-state index in [9.17, 15) is 0 Å². The summed E-state index contributed by atoms with van der Waals surface area (Å²) in [6.07, 6.45) is 0. The molecule has 0 aliphatic heterocycles. The standard InChI is InChI=1S/C14H19BrN2O/c1-5-18-10-6-7-12-11(8-10)13(15)14(17(12)4)9(2)16-3/h6-9,16H,5H2,1-4H3. The Bertz CT molecular complexity index is 562. The summed E-state index contributed by atoms with van der Waals surface area (Å²) in [6.45, 7) is 4.84. The lowest BCUT2D eigenvalue weighted by molar-refractivity contribution is 0.340. The molecule has 0 fully saturated rings. The van der Waals surface area contributed by atoms with Crippen LogP contribution in [0.25, 0.3) is 10.9 Å². The largest absolute Gasteiger partial charge is 0.494 e. The van der Waals surface area contributed by atoms with Crippen molar-refractivity contribution in [2.45, 2.75) is 19.9 Å². The average Bonchev–Trinajstić information content (AvgIpc) is 2.61. The summed E-state index contributed by atoms with van der Waals surface area (Å²) < 4.78 is 8.92. The zero-order valence-electron chi connectivity index (χ0n) is 11.2. The molecule has 1 aromatic heterocycles. The summed E-state index contributed by atoms with van der Waals surface area (Å²) in [6, 6.07) is 6.52. The van der Waals surface area contributed by atoms with E-state index in [-0.39, 0.29) is 0 Å². The number of benzene rings is 1. The monoisotopic (exact) mass is 310 g/mol. The van der Waals surface area contributed by atoms with E-state index >= 15 is 0 Å². The molecule has 0 radical (unpaired) electrons. The highest BCUT2D eigenvalue weighted by molar-refractivity contribution is 9.10. The van der Waals surface area contributed by atoms with E-state index < -0.39 is 0 Å². The predicted molar refractivity (Wildman–Crippen MR) is 79.3 cm³/mol. The Balaban J connectivity index is 2.62. The van der Waals surface area contributed by atoms with Gasteiger partial charge in [-0.25, -0.2) is 0 Å². The van der Waals surface area contributed by atoms with Gasteiger partial charge >= 0.3 is 0 Å². The minimum Gasteiger partial charge on any atom is -0.494 e. The van der Waals surface area contributed by atoms with Gasteiger partial charge in [-0.05, 0) is 55.0 Å². The topological polar surface area (TPSA) is 26.2 Å². The van der Waals surface area contributed by atoms with E-state index in [2.05, 4.69) is 51.9 Å². The number of ether oxygens (including phenoxy) is 1. The lowest BCUT2D eigenvalue weighted by Crippen LogP contribution is -2.15. The summed E-state index contributed by atoms with van der Waals surface area (Å²) >= 11 is 3.71. The molecule has 98 valence electrons. The van der Waals surface area contributed by atoms with E-state index in [0.717, 1.165) is 10.2 Å². The number of halogens is 1. The Morgan fingerprint density at radius 3 is 2.78 bits per heavy atom. The number of hydrogen-bond donors (Lipinski definition) is 1. The van der Waals surface area contributed by atoms with Crippen molar-refractivity contribution in [1.82, 2.24) is 9.88 Å². The molecule has 2 aromatic rings. The first-order chi connectivity index (χ1) is 8.60. The molecule has 1 N–H and O–H groups in total. The van der Waals surface area contributed by atoms with Gasteiger partial charge in [-0.3, -0.25) is 0 Å². The third kappa shape index (κ3) is 2.15. The average molecular weight is 311 g/mol. The van der Waals surface area contributed by atoms with Crippen LogP contribution >= 0.6 is 15.9 Å². The number of aryl methyl sites for hydroxylation is 1. The Morgan fingerprint density at radius 1 is 1.44 bits per heavy atom. The second-order valence-electron chi connectivity index (χ2n) is 4.38. The SMILES string of the molecule is CCOc1ccc2c(c1)c(Br)c(C(C)NC)n2C. The Kier molecular flexibility index (Phi) is 3.97. The number of fused-ring (bicyclic) bond motifs is 1. The number of hydrogen-bond acceptors (Lipinski definition) is 2. The molecule has 1 atom stereocenters. The fourth-order valence-electron chi connectivity index (χ4n) is 2.27. The van der Waals surface area contributed by atoms with Gasteiger partial charge in [-0.2, -0.15) is 0 Å². The van der Waals surface area contributed by atoms with Gasteiger partial charge in [-0.15, -0.1) is 0 Å². The normalized spacial score (nSPS) is 12.9. The van der Waals surface area contributed by atoms with Gasteiger partial charge in [0.1, 0.15) is 5.75 Å². The van der Waals surface area contributed by atoms with Crippen molar-refractivity contribution in [2.24, 2.45) is 7.05 Å². The molecule has 0 bridgehead atoms. The smallest absolute Gasteiger partial charge is 0.120 e. The molecular weight excluding hydrogens is 292 g/mol. The van der Waals surface area contributed by atoms with Gasteiger partial charge < -0.3 is 14.6 Å². The number of nitrogens with zero attached hydrogens (tertiary/aromatic N) is 1. The van der Waals surface area contributed by atoms with Crippen LogP contribution in [-0.2, 0) is 7.05 Å². The van der Waals surface area contributed by atoms with Crippen LogP contribution in [0.2, 0.25) is 0 Å². The zero-order chi connectivity index (χ0) is 13.3. The van der Waals surface area contributed by atoms with Crippen molar-refractivity contribution in [1.29, 1.82) is 0 Å². The maximum atomic E-state index is 5.56. The lowest BCUT2D eigenvalue weighted by atomic mass is 10.2. The number of nitrogens with one attached hydrogen (secondary N) is 1. The third-order valence-corrected chi connectivity index (χ3v) is 4.14. The molecule has 1 heterocycles. The van der Waals surface area contributed by atoms with Crippen LogP contribution in [0.3, 0.4) is 0 Å². The van der Waals surface area contributed by atoms with E-state index in [1.807, 2.05) is 20.0 Å². The summed E-state index contributed by atoms with van der Waals surface area (Å²) in [5.41, 5.74) is 2.46. The first-order valence-electron chi connectivity index (χ1n) is 6.18. The molecule has 0 saturated heterocycles. The predicted octanol–water partition coefficient (Wildman–Crippen LogP) is 3.62. The van der Waals surface area contributed by atoms with Crippen LogP contribution in [0.15, 0.2) is 22.7 Å². The lowest BCUT2D eigenvalue weighted by Gasteiger charge is -2.12. The summed E-state index contributed by atoms with van der Waals surface area (Å²) in [4.78, 5) is 0. The minimum absolute atomic E-state index is 0.298. The zero-order valence-corrected chi connectivity index (χ0v) is 12.8. The fourth-order valence-corrected chi connectivity index (χ4v) is 3.20. The molecule has 1 aromatic carbocycles. The summed E-state index contributed by atoms with van der Waals surface area (Å²) in [7, 11) is 4.07. The molecule has 2 rings (SSSR count). The summed E-state index contributed by atoms with van der Waals surface area (Å²) in [5, 5.41) is 4.48.